The van der Waals surface area contributed by atoms with Gasteiger partial charge in [-0.25, -0.2) is 0 Å². The van der Waals surface area contributed by atoms with Crippen molar-refractivity contribution in [2.45, 2.75) is 58.4 Å². The van der Waals surface area contributed by atoms with Crippen LogP contribution in [0.4, 0.5) is 0 Å². The van der Waals surface area contributed by atoms with Gasteiger partial charge in [0.1, 0.15) is 0 Å². The van der Waals surface area contributed by atoms with E-state index in [4.69, 9.17) is 10.9 Å². The van der Waals surface area contributed by atoms with Crippen LogP contribution >= 0.6 is 0 Å². The molecule has 0 spiro atoms. The van der Waals surface area contributed by atoms with Crippen molar-refractivity contribution in [1.82, 2.24) is 4.90 Å². The molecule has 0 aromatic heterocycles. The highest BCUT2D eigenvalue weighted by Gasteiger charge is 2.30. The third-order valence-electron chi connectivity index (χ3n) is 3.84. The molecule has 104 valence electrons. The maximum atomic E-state index is 12.5. The number of amidine groups is 1. The van der Waals surface area contributed by atoms with Crippen LogP contribution in [-0.2, 0) is 4.79 Å². The Bertz CT molecular complexity index is 295. The monoisotopic (exact) mass is 255 g/mol. The first-order valence-corrected chi connectivity index (χ1v) is 6.90. The van der Waals surface area contributed by atoms with Crippen LogP contribution in [0.15, 0.2) is 5.16 Å². The summed E-state index contributed by atoms with van der Waals surface area (Å²) in [6.07, 6.45) is 6.07. The Morgan fingerprint density at radius 2 is 1.94 bits per heavy atom. The van der Waals surface area contributed by atoms with Crippen LogP contribution in [0.2, 0.25) is 0 Å². The third-order valence-corrected chi connectivity index (χ3v) is 3.84. The lowest BCUT2D eigenvalue weighted by Gasteiger charge is -2.31. The van der Waals surface area contributed by atoms with Gasteiger partial charge in [-0.1, -0.05) is 31.8 Å². The number of oxime groups is 1. The minimum Gasteiger partial charge on any atom is -0.409 e. The fraction of sp³-hybridized carbons (Fsp3) is 0.846. The molecule has 5 heteroatoms. The predicted molar refractivity (Wildman–Crippen MR) is 71.4 cm³/mol. The topological polar surface area (TPSA) is 78.9 Å². The second-order valence-electron chi connectivity index (χ2n) is 5.01. The molecule has 5 nitrogen and oxygen atoms in total. The van der Waals surface area contributed by atoms with E-state index >= 15 is 0 Å². The van der Waals surface area contributed by atoms with Gasteiger partial charge in [0.25, 0.3) is 0 Å². The van der Waals surface area contributed by atoms with Crippen LogP contribution in [0.3, 0.4) is 0 Å². The van der Waals surface area contributed by atoms with Crippen molar-refractivity contribution in [2.24, 2.45) is 16.8 Å². The number of carbonyl (C=O) groups is 1. The van der Waals surface area contributed by atoms with E-state index in [1.165, 1.54) is 0 Å². The predicted octanol–water partition coefficient (Wildman–Crippen LogP) is 1.94. The number of nitrogens with zero attached hydrogens (tertiary/aromatic N) is 2. The molecule has 1 saturated carbocycles. The van der Waals surface area contributed by atoms with Crippen molar-refractivity contribution in [3.8, 4) is 0 Å². The van der Waals surface area contributed by atoms with Crippen LogP contribution < -0.4 is 5.73 Å². The van der Waals surface area contributed by atoms with Gasteiger partial charge in [0.15, 0.2) is 5.84 Å². The zero-order valence-electron chi connectivity index (χ0n) is 11.4. The Morgan fingerprint density at radius 1 is 1.39 bits per heavy atom. The molecular formula is C13H25N3O2. The number of hydrogen-bond acceptors (Lipinski definition) is 3. The standard InChI is InChI=1S/C13H25N3O2/c1-3-10(4-2)13(17)16(9-12(14)15-18)11-7-5-6-8-11/h10-11,18H,3-9H2,1-2H3,(H2,14,15). The van der Waals surface area contributed by atoms with Crippen molar-refractivity contribution in [3.63, 3.8) is 0 Å². The van der Waals surface area contributed by atoms with Crippen LogP contribution in [0.25, 0.3) is 0 Å². The lowest BCUT2D eigenvalue weighted by Crippen LogP contribution is -2.46. The number of amides is 1. The van der Waals surface area contributed by atoms with E-state index in [-0.39, 0.29) is 30.2 Å². The molecule has 18 heavy (non-hydrogen) atoms. The van der Waals surface area contributed by atoms with E-state index < -0.39 is 0 Å². The van der Waals surface area contributed by atoms with Gasteiger partial charge in [0.2, 0.25) is 5.91 Å². The zero-order valence-corrected chi connectivity index (χ0v) is 11.4. The molecule has 1 aliphatic carbocycles. The lowest BCUT2D eigenvalue weighted by molar-refractivity contribution is -0.137. The van der Waals surface area contributed by atoms with Gasteiger partial charge in [0.05, 0.1) is 6.54 Å². The summed E-state index contributed by atoms with van der Waals surface area (Å²) >= 11 is 0. The summed E-state index contributed by atoms with van der Waals surface area (Å²) in [6.45, 7) is 4.31. The molecule has 0 aromatic rings. The summed E-state index contributed by atoms with van der Waals surface area (Å²) in [5, 5.41) is 11.7. The highest BCUT2D eigenvalue weighted by atomic mass is 16.4. The summed E-state index contributed by atoms with van der Waals surface area (Å²) in [4.78, 5) is 14.3. The summed E-state index contributed by atoms with van der Waals surface area (Å²) in [5.41, 5.74) is 5.57. The number of carbonyl (C=O) groups excluding carboxylic acids is 1. The fourth-order valence-electron chi connectivity index (χ4n) is 2.68. The van der Waals surface area contributed by atoms with Gasteiger partial charge in [-0.15, -0.1) is 0 Å². The van der Waals surface area contributed by atoms with Crippen molar-refractivity contribution in [2.75, 3.05) is 6.54 Å². The summed E-state index contributed by atoms with van der Waals surface area (Å²) in [6, 6.07) is 0.262. The summed E-state index contributed by atoms with van der Waals surface area (Å²) in [5.74, 6) is 0.316. The first-order chi connectivity index (χ1) is 8.63. The van der Waals surface area contributed by atoms with E-state index in [1.54, 1.807) is 0 Å². The molecule has 0 radical (unpaired) electrons. The lowest BCUT2D eigenvalue weighted by atomic mass is 10.0. The average molecular weight is 255 g/mol. The Kier molecular flexibility index (Phi) is 5.95. The molecule has 1 rings (SSSR count). The molecule has 0 atom stereocenters. The van der Waals surface area contributed by atoms with Gasteiger partial charge in [-0.05, 0) is 25.7 Å². The van der Waals surface area contributed by atoms with Crippen LogP contribution in [-0.4, -0.2) is 34.4 Å². The summed E-state index contributed by atoms with van der Waals surface area (Å²) < 4.78 is 0. The van der Waals surface area contributed by atoms with Crippen LogP contribution in [0, 0.1) is 5.92 Å². The first-order valence-electron chi connectivity index (χ1n) is 6.90. The fourth-order valence-corrected chi connectivity index (χ4v) is 2.68. The van der Waals surface area contributed by atoms with Gasteiger partial charge >= 0.3 is 0 Å². The zero-order chi connectivity index (χ0) is 13.5. The van der Waals surface area contributed by atoms with Crippen molar-refractivity contribution >= 4 is 11.7 Å². The van der Waals surface area contributed by atoms with Crippen molar-refractivity contribution in [3.05, 3.63) is 0 Å². The minimum atomic E-state index is 0.0529. The SMILES string of the molecule is CCC(CC)C(=O)N(CC(N)=NO)C1CCCC1. The van der Waals surface area contributed by atoms with Crippen molar-refractivity contribution in [1.29, 1.82) is 0 Å². The summed E-state index contributed by atoms with van der Waals surface area (Å²) in [7, 11) is 0. The molecular weight excluding hydrogens is 230 g/mol. The van der Waals surface area contributed by atoms with Gasteiger partial charge in [0, 0.05) is 12.0 Å². The number of hydrogen-bond donors (Lipinski definition) is 2. The first kappa shape index (κ1) is 14.8. The average Bonchev–Trinajstić information content (AvgIpc) is 2.90. The van der Waals surface area contributed by atoms with E-state index in [9.17, 15) is 4.79 Å². The highest BCUT2D eigenvalue weighted by Crippen LogP contribution is 2.25. The maximum Gasteiger partial charge on any atom is 0.226 e. The smallest absolute Gasteiger partial charge is 0.226 e. The Morgan fingerprint density at radius 3 is 2.39 bits per heavy atom. The second-order valence-corrected chi connectivity index (χ2v) is 5.01. The minimum absolute atomic E-state index is 0.0529. The molecule has 0 aliphatic heterocycles. The molecule has 1 amide bonds. The highest BCUT2D eigenvalue weighted by molar-refractivity contribution is 5.88. The molecule has 1 fully saturated rings. The van der Waals surface area contributed by atoms with Crippen LogP contribution in [0.5, 0.6) is 0 Å². The molecule has 0 unspecified atom stereocenters. The molecule has 0 bridgehead atoms. The van der Waals surface area contributed by atoms with Crippen molar-refractivity contribution < 1.29 is 10.0 Å². The van der Waals surface area contributed by atoms with E-state index in [0.717, 1.165) is 38.5 Å². The second kappa shape index (κ2) is 7.24. The molecule has 1 aliphatic rings. The number of nitrogens with two attached hydrogens (primary N) is 1. The Balaban J connectivity index is 2.78. The molecule has 0 saturated heterocycles. The number of rotatable bonds is 6. The Labute approximate surface area is 109 Å². The van der Waals surface area contributed by atoms with Gasteiger partial charge in [-0.2, -0.15) is 0 Å². The largest absolute Gasteiger partial charge is 0.409 e. The van der Waals surface area contributed by atoms with Gasteiger partial charge < -0.3 is 15.8 Å². The normalized spacial score (nSPS) is 17.4. The van der Waals surface area contributed by atoms with Crippen LogP contribution in [0.1, 0.15) is 52.4 Å². The Hall–Kier alpha value is -1.26. The molecule has 0 heterocycles. The maximum absolute atomic E-state index is 12.5. The molecule has 0 aromatic carbocycles. The third kappa shape index (κ3) is 3.62. The van der Waals surface area contributed by atoms with E-state index in [0.29, 0.717) is 0 Å². The van der Waals surface area contributed by atoms with Gasteiger partial charge in [-0.3, -0.25) is 4.79 Å². The van der Waals surface area contributed by atoms with E-state index in [1.807, 2.05) is 18.7 Å². The van der Waals surface area contributed by atoms with E-state index in [2.05, 4.69) is 5.16 Å². The molecule has 3 N–H and O–H groups in total. The quantitative estimate of drug-likeness (QED) is 0.329.